The molecule has 0 fully saturated rings. The van der Waals surface area contributed by atoms with E-state index in [0.717, 1.165) is 0 Å². The zero-order valence-corrected chi connectivity index (χ0v) is 10.5. The molecule has 0 bridgehead atoms. The molecule has 0 aromatic carbocycles. The van der Waals surface area contributed by atoms with E-state index in [1.165, 1.54) is 0 Å². The van der Waals surface area contributed by atoms with Crippen LogP contribution in [0.2, 0.25) is 9.88 Å². The topological polar surface area (TPSA) is 0 Å². The monoisotopic (exact) mass is 352 g/mol. The Bertz CT molecular complexity index is 201. The van der Waals surface area contributed by atoms with E-state index in [2.05, 4.69) is 0 Å². The van der Waals surface area contributed by atoms with Crippen molar-refractivity contribution in [2.45, 2.75) is 30.6 Å². The average molecular weight is 351 g/mol. The summed E-state index contributed by atoms with van der Waals surface area (Å²) in [5.41, 5.74) is 0. The summed E-state index contributed by atoms with van der Waals surface area (Å²) >= 11 is -6.28. The molecule has 0 radical (unpaired) electrons. The second-order valence-electron chi connectivity index (χ2n) is 3.47. The molecular weight excluding hydrogens is 343 g/mol. The first kappa shape index (κ1) is 15.2. The first-order valence-electron chi connectivity index (χ1n) is 3.71. The van der Waals surface area contributed by atoms with Crippen LogP contribution >= 0.6 is 0 Å². The van der Waals surface area contributed by atoms with Crippen molar-refractivity contribution in [2.75, 3.05) is 0 Å². The third-order valence-corrected chi connectivity index (χ3v) is 13.0. The molecule has 0 nitrogen and oxygen atoms in total. The molecule has 0 aliphatic rings. The van der Waals surface area contributed by atoms with Crippen molar-refractivity contribution in [1.82, 2.24) is 0 Å². The van der Waals surface area contributed by atoms with Crippen molar-refractivity contribution in [3.05, 3.63) is 0 Å². The van der Waals surface area contributed by atoms with E-state index in [9.17, 15) is 35.1 Å². The number of rotatable bonds is 4. The summed E-state index contributed by atoms with van der Waals surface area (Å²) in [6.07, 6.45) is -8.68. The molecule has 0 aromatic rings. The third-order valence-electron chi connectivity index (χ3n) is 2.21. The Balaban J connectivity index is 5.30. The van der Waals surface area contributed by atoms with Gasteiger partial charge in [-0.2, -0.15) is 0 Å². The fraction of sp³-hybridized carbons (Fsp3) is 1.00. The van der Waals surface area contributed by atoms with E-state index in [-0.39, 0.29) is 9.88 Å². The second kappa shape index (κ2) is 4.25. The Morgan fingerprint density at radius 3 is 1.07 bits per heavy atom. The van der Waals surface area contributed by atoms with Gasteiger partial charge in [0.1, 0.15) is 0 Å². The van der Waals surface area contributed by atoms with Gasteiger partial charge in [-0.15, -0.1) is 0 Å². The number of hydrogen-bond donors (Lipinski definition) is 0. The van der Waals surface area contributed by atoms with E-state index in [0.29, 0.717) is 0 Å². The summed E-state index contributed by atoms with van der Waals surface area (Å²) in [5.74, 6) is 0. The molecule has 9 heteroatoms. The van der Waals surface area contributed by atoms with Gasteiger partial charge < -0.3 is 0 Å². The van der Waals surface area contributed by atoms with Gasteiger partial charge in [0.25, 0.3) is 0 Å². The SMILES string of the molecule is [CH3][Sn]([CH3])([C](F)(F)C(F)F)[C](F)(F)C(F)F. The van der Waals surface area contributed by atoms with Crippen molar-refractivity contribution >= 4 is 18.4 Å². The summed E-state index contributed by atoms with van der Waals surface area (Å²) in [6, 6.07) is 0. The van der Waals surface area contributed by atoms with Gasteiger partial charge in [-0.25, -0.2) is 0 Å². The summed E-state index contributed by atoms with van der Waals surface area (Å²) in [6.45, 7) is 0. The molecule has 0 heterocycles. The van der Waals surface area contributed by atoms with Crippen LogP contribution in [0.4, 0.5) is 35.1 Å². The molecule has 0 saturated heterocycles. The van der Waals surface area contributed by atoms with Gasteiger partial charge in [0.2, 0.25) is 0 Å². The van der Waals surface area contributed by atoms with Crippen LogP contribution in [0.15, 0.2) is 0 Å². The first-order chi connectivity index (χ1) is 6.39. The summed E-state index contributed by atoms with van der Waals surface area (Å²) in [5, 5.41) is 0. The molecule has 0 atom stereocenters. The van der Waals surface area contributed by atoms with Crippen molar-refractivity contribution < 1.29 is 35.1 Å². The van der Waals surface area contributed by atoms with Crippen molar-refractivity contribution in [2.24, 2.45) is 0 Å². The average Bonchev–Trinajstić information content (AvgIpc) is 2.02. The predicted molar refractivity (Wildman–Crippen MR) is 39.4 cm³/mol. The normalized spacial score (nSPS) is 15.2. The van der Waals surface area contributed by atoms with Crippen LogP contribution in [0.25, 0.3) is 0 Å². The van der Waals surface area contributed by atoms with Crippen LogP contribution in [0, 0.1) is 0 Å². The van der Waals surface area contributed by atoms with E-state index >= 15 is 0 Å². The summed E-state index contributed by atoms with van der Waals surface area (Å²) in [4.78, 5) is 0.375. The molecule has 0 spiro atoms. The van der Waals surface area contributed by atoms with Gasteiger partial charge >= 0.3 is 84.1 Å². The van der Waals surface area contributed by atoms with Gasteiger partial charge in [0, 0.05) is 0 Å². The first-order valence-corrected chi connectivity index (χ1v) is 12.3. The zero-order valence-electron chi connectivity index (χ0n) is 7.68. The van der Waals surface area contributed by atoms with Crippen LogP contribution < -0.4 is 0 Å². The molecule has 0 aliphatic carbocycles. The minimum atomic E-state index is -6.28. The summed E-state index contributed by atoms with van der Waals surface area (Å²) < 4.78 is 88.2. The Labute approximate surface area is 84.5 Å². The molecule has 0 aromatic heterocycles. The molecule has 0 aliphatic heterocycles. The van der Waals surface area contributed by atoms with E-state index in [4.69, 9.17) is 0 Å². The molecule has 0 amide bonds. The van der Waals surface area contributed by atoms with Crippen LogP contribution in [0.3, 0.4) is 0 Å². The van der Waals surface area contributed by atoms with Crippen LogP contribution in [0.5, 0.6) is 0 Å². The quantitative estimate of drug-likeness (QED) is 0.537. The van der Waals surface area contributed by atoms with E-state index in [1.54, 1.807) is 0 Å². The molecular formula is C6H8F8Sn. The van der Waals surface area contributed by atoms with Gasteiger partial charge in [-0.3, -0.25) is 0 Å². The molecule has 0 unspecified atom stereocenters. The Kier molecular flexibility index (Phi) is 4.32. The van der Waals surface area contributed by atoms with Gasteiger partial charge in [0.15, 0.2) is 0 Å². The van der Waals surface area contributed by atoms with Gasteiger partial charge in [-0.1, -0.05) is 0 Å². The molecule has 15 heavy (non-hydrogen) atoms. The van der Waals surface area contributed by atoms with Crippen molar-refractivity contribution in [1.29, 1.82) is 0 Å². The van der Waals surface area contributed by atoms with Crippen LogP contribution in [-0.4, -0.2) is 39.1 Å². The second-order valence-corrected chi connectivity index (χ2v) is 16.6. The Morgan fingerprint density at radius 2 is 0.933 bits per heavy atom. The number of alkyl halides is 8. The third kappa shape index (κ3) is 2.33. The van der Waals surface area contributed by atoms with Crippen LogP contribution in [-0.2, 0) is 0 Å². The fourth-order valence-electron chi connectivity index (χ4n) is 0.768. The predicted octanol–water partition coefficient (Wildman–Crippen LogP) is 3.57. The Morgan fingerprint density at radius 1 is 0.733 bits per heavy atom. The van der Waals surface area contributed by atoms with Gasteiger partial charge in [-0.05, 0) is 0 Å². The van der Waals surface area contributed by atoms with Crippen molar-refractivity contribution in [3.8, 4) is 0 Å². The maximum absolute atomic E-state index is 12.7. The standard InChI is InChI=1S/2C2HF4.2CH3.Sn/c2*3-1(4)2(5)6;;;/h2*1H;2*1H3;. The molecule has 0 N–H and O–H groups in total. The maximum atomic E-state index is 12.7. The number of halogens is 8. The van der Waals surface area contributed by atoms with Gasteiger partial charge in [0.05, 0.1) is 0 Å². The number of hydrogen-bond acceptors (Lipinski definition) is 0. The summed E-state index contributed by atoms with van der Waals surface area (Å²) in [7, 11) is 0. The molecule has 0 rings (SSSR count). The van der Waals surface area contributed by atoms with E-state index in [1.807, 2.05) is 0 Å². The van der Waals surface area contributed by atoms with Crippen LogP contribution in [0.1, 0.15) is 0 Å². The minimum absolute atomic E-state index is 0.188. The fourth-order valence-corrected chi connectivity index (χ4v) is 5.15. The zero-order chi connectivity index (χ0) is 12.7. The van der Waals surface area contributed by atoms with Crippen molar-refractivity contribution in [3.63, 3.8) is 0 Å². The molecule has 0 saturated carbocycles. The Hall–Kier alpha value is 0.239. The van der Waals surface area contributed by atoms with E-state index < -0.39 is 39.1 Å². The molecule has 92 valence electrons.